The van der Waals surface area contributed by atoms with Gasteiger partial charge < -0.3 is 14.6 Å². The van der Waals surface area contributed by atoms with E-state index in [2.05, 4.69) is 52.9 Å². The first-order chi connectivity index (χ1) is 13.9. The molecular weight excluding hydrogens is 392 g/mol. The van der Waals surface area contributed by atoms with Gasteiger partial charge in [0.1, 0.15) is 0 Å². The molecule has 1 rings (SSSR count). The van der Waals surface area contributed by atoms with Crippen molar-refractivity contribution in [2.75, 3.05) is 0 Å². The maximum absolute atomic E-state index is 11.1. The predicted octanol–water partition coefficient (Wildman–Crippen LogP) is 7.08. The van der Waals surface area contributed by atoms with Crippen molar-refractivity contribution in [3.05, 3.63) is 12.2 Å². The number of hydrogen-bond donors (Lipinski definition) is 2. The fraction of sp³-hybridized carbons (Fsp3) is 0.880. The van der Waals surface area contributed by atoms with Gasteiger partial charge in [-0.2, -0.15) is 0 Å². The summed E-state index contributed by atoms with van der Waals surface area (Å²) < 4.78 is 6.73. The molecule has 0 bridgehead atoms. The topological polar surface area (TPSA) is 66.8 Å². The van der Waals surface area contributed by atoms with Gasteiger partial charge >= 0.3 is 5.97 Å². The minimum atomic E-state index is -1.86. The van der Waals surface area contributed by atoms with E-state index >= 15 is 0 Å². The minimum Gasteiger partial charge on any atom is -0.481 e. The highest BCUT2D eigenvalue weighted by Gasteiger charge is 2.39. The second-order valence-corrected chi connectivity index (χ2v) is 15.8. The van der Waals surface area contributed by atoms with Gasteiger partial charge in [-0.1, -0.05) is 78.4 Å². The van der Waals surface area contributed by atoms with E-state index in [1.54, 1.807) is 0 Å². The number of unbranched alkanes of at least 4 members (excludes halogenated alkanes) is 5. The molecule has 0 aromatic rings. The molecule has 0 aromatic carbocycles. The SMILES string of the molecule is CCCCCCCCC(/C=C/C1CCCC(O)(CC(=O)O)C1)O[Si](C)(C)C(C)(C)C. The molecule has 30 heavy (non-hydrogen) atoms. The Bertz CT molecular complexity index is 538. The summed E-state index contributed by atoms with van der Waals surface area (Å²) in [6.07, 6.45) is 16.1. The highest BCUT2D eigenvalue weighted by molar-refractivity contribution is 6.74. The molecule has 4 nitrogen and oxygen atoms in total. The number of rotatable bonds is 13. The molecule has 0 amide bonds. The predicted molar refractivity (Wildman–Crippen MR) is 128 cm³/mol. The van der Waals surface area contributed by atoms with Crippen LogP contribution >= 0.6 is 0 Å². The largest absolute Gasteiger partial charge is 0.481 e. The Kier molecular flexibility index (Phi) is 11.3. The van der Waals surface area contributed by atoms with Gasteiger partial charge in [-0.3, -0.25) is 4.79 Å². The number of allylic oxidation sites excluding steroid dienone is 1. The standard InChI is InChI=1S/C25H48O4Si/c1-7-8-9-10-11-12-15-22(29-30(5,6)24(2,3)4)17-16-21-14-13-18-25(28,19-21)20-23(26)27/h16-17,21-22,28H,7-15,18-20H2,1-6H3,(H,26,27)/b17-16+. The van der Waals surface area contributed by atoms with Gasteiger partial charge in [-0.05, 0) is 56.2 Å². The Labute approximate surface area is 186 Å². The third-order valence-electron chi connectivity index (χ3n) is 7.03. The molecule has 1 fully saturated rings. The molecule has 5 heteroatoms. The van der Waals surface area contributed by atoms with Crippen LogP contribution in [-0.4, -0.2) is 36.2 Å². The van der Waals surface area contributed by atoms with Crippen LogP contribution in [0.25, 0.3) is 0 Å². The van der Waals surface area contributed by atoms with Crippen molar-refractivity contribution in [2.24, 2.45) is 5.92 Å². The first kappa shape index (κ1) is 27.4. The number of hydrogen-bond acceptors (Lipinski definition) is 3. The molecule has 2 N–H and O–H groups in total. The number of carbonyl (C=O) groups is 1. The Morgan fingerprint density at radius 1 is 1.20 bits per heavy atom. The Hall–Kier alpha value is -0.653. The third-order valence-corrected chi connectivity index (χ3v) is 11.5. The molecule has 0 heterocycles. The molecule has 0 radical (unpaired) electrons. The van der Waals surface area contributed by atoms with Crippen LogP contribution in [0.15, 0.2) is 12.2 Å². The Morgan fingerprint density at radius 3 is 2.43 bits per heavy atom. The Balaban J connectivity index is 2.74. The molecule has 1 saturated carbocycles. The van der Waals surface area contributed by atoms with Crippen molar-refractivity contribution < 1.29 is 19.4 Å². The zero-order chi connectivity index (χ0) is 22.8. The smallest absolute Gasteiger partial charge is 0.306 e. The summed E-state index contributed by atoms with van der Waals surface area (Å²) in [6, 6.07) is 0. The molecule has 0 aromatic heterocycles. The van der Waals surface area contributed by atoms with E-state index in [-0.39, 0.29) is 23.5 Å². The fourth-order valence-electron chi connectivity index (χ4n) is 4.15. The lowest BCUT2D eigenvalue weighted by atomic mass is 9.76. The van der Waals surface area contributed by atoms with Crippen LogP contribution in [0.1, 0.15) is 105 Å². The van der Waals surface area contributed by atoms with Crippen LogP contribution in [0.3, 0.4) is 0 Å². The van der Waals surface area contributed by atoms with Crippen LogP contribution in [0.5, 0.6) is 0 Å². The molecule has 1 aliphatic carbocycles. The van der Waals surface area contributed by atoms with Gasteiger partial charge in [0.15, 0.2) is 8.32 Å². The van der Waals surface area contributed by atoms with Gasteiger partial charge in [0.2, 0.25) is 0 Å². The van der Waals surface area contributed by atoms with Crippen molar-refractivity contribution in [1.82, 2.24) is 0 Å². The van der Waals surface area contributed by atoms with E-state index < -0.39 is 19.9 Å². The lowest BCUT2D eigenvalue weighted by molar-refractivity contribution is -0.144. The summed E-state index contributed by atoms with van der Waals surface area (Å²) in [5, 5.41) is 20.0. The zero-order valence-corrected chi connectivity index (χ0v) is 21.5. The molecule has 0 aliphatic heterocycles. The highest BCUT2D eigenvalue weighted by atomic mass is 28.4. The van der Waals surface area contributed by atoms with Crippen LogP contribution in [0.2, 0.25) is 18.1 Å². The van der Waals surface area contributed by atoms with E-state index in [1.165, 1.54) is 38.5 Å². The maximum Gasteiger partial charge on any atom is 0.306 e. The maximum atomic E-state index is 11.1. The summed E-state index contributed by atoms with van der Waals surface area (Å²) in [4.78, 5) is 11.1. The number of aliphatic hydroxyl groups is 1. The quantitative estimate of drug-likeness (QED) is 0.182. The van der Waals surface area contributed by atoms with Gasteiger partial charge in [0, 0.05) is 0 Å². The summed E-state index contributed by atoms with van der Waals surface area (Å²) >= 11 is 0. The average molecular weight is 441 g/mol. The summed E-state index contributed by atoms with van der Waals surface area (Å²) in [5.74, 6) is -0.678. The Morgan fingerprint density at radius 2 is 1.83 bits per heavy atom. The number of carboxylic acids is 1. The van der Waals surface area contributed by atoms with Crippen molar-refractivity contribution in [3.63, 3.8) is 0 Å². The lowest BCUT2D eigenvalue weighted by Crippen LogP contribution is -2.43. The molecule has 3 unspecified atom stereocenters. The summed E-state index contributed by atoms with van der Waals surface area (Å²) in [6.45, 7) is 13.7. The first-order valence-corrected chi connectivity index (χ1v) is 15.1. The van der Waals surface area contributed by atoms with Gasteiger partial charge in [0.25, 0.3) is 0 Å². The lowest BCUT2D eigenvalue weighted by Gasteiger charge is -2.39. The van der Waals surface area contributed by atoms with E-state index in [1.807, 2.05) is 0 Å². The van der Waals surface area contributed by atoms with Crippen molar-refractivity contribution in [2.45, 2.75) is 135 Å². The third kappa shape index (κ3) is 10.1. The molecule has 0 saturated heterocycles. The van der Waals surface area contributed by atoms with Gasteiger partial charge in [0.05, 0.1) is 18.1 Å². The minimum absolute atomic E-state index is 0.117. The second kappa shape index (κ2) is 12.4. The van der Waals surface area contributed by atoms with Gasteiger partial charge in [-0.25, -0.2) is 0 Å². The zero-order valence-electron chi connectivity index (χ0n) is 20.5. The highest BCUT2D eigenvalue weighted by Crippen LogP contribution is 2.39. The average Bonchev–Trinajstić information content (AvgIpc) is 2.60. The second-order valence-electron chi connectivity index (χ2n) is 11.0. The van der Waals surface area contributed by atoms with Gasteiger partial charge in [-0.15, -0.1) is 0 Å². The molecule has 0 spiro atoms. The van der Waals surface area contributed by atoms with E-state index in [9.17, 15) is 9.90 Å². The van der Waals surface area contributed by atoms with E-state index in [0.717, 1.165) is 19.3 Å². The van der Waals surface area contributed by atoms with E-state index in [0.29, 0.717) is 12.8 Å². The van der Waals surface area contributed by atoms with Crippen LogP contribution in [-0.2, 0) is 9.22 Å². The van der Waals surface area contributed by atoms with E-state index in [4.69, 9.17) is 9.53 Å². The number of aliphatic carboxylic acids is 1. The molecule has 1 aliphatic rings. The summed E-state index contributed by atoms with van der Waals surface area (Å²) in [5.41, 5.74) is -1.06. The van der Waals surface area contributed by atoms with Crippen molar-refractivity contribution in [3.8, 4) is 0 Å². The molecule has 176 valence electrons. The van der Waals surface area contributed by atoms with Crippen LogP contribution in [0.4, 0.5) is 0 Å². The van der Waals surface area contributed by atoms with Crippen molar-refractivity contribution >= 4 is 14.3 Å². The molecule has 3 atom stereocenters. The summed E-state index contributed by atoms with van der Waals surface area (Å²) in [7, 11) is -1.86. The van der Waals surface area contributed by atoms with Crippen LogP contribution < -0.4 is 0 Å². The molecular formula is C25H48O4Si. The number of carboxylic acid groups (broad SMARTS) is 1. The monoisotopic (exact) mass is 440 g/mol. The van der Waals surface area contributed by atoms with Crippen LogP contribution in [0, 0.1) is 5.92 Å². The first-order valence-electron chi connectivity index (χ1n) is 12.2. The normalized spacial score (nSPS) is 24.3. The fourth-order valence-corrected chi connectivity index (χ4v) is 5.46. The van der Waals surface area contributed by atoms with Crippen molar-refractivity contribution in [1.29, 1.82) is 0 Å².